The molecule has 2 aromatic rings. The molecule has 1 N–H and O–H groups in total. The lowest BCUT2D eigenvalue weighted by Crippen LogP contribution is -2.18. The average molecular weight is 280 g/mol. The van der Waals surface area contributed by atoms with E-state index in [0.29, 0.717) is 17.7 Å². The van der Waals surface area contributed by atoms with Crippen molar-refractivity contribution >= 4 is 11.8 Å². The fraction of sp³-hybridized carbons (Fsp3) is 0.417. The Morgan fingerprint density at radius 3 is 2.89 bits per heavy atom. The Bertz CT molecular complexity index is 501. The van der Waals surface area contributed by atoms with Crippen LogP contribution in [0.2, 0.25) is 0 Å². The number of nitrogens with one attached hydrogen (secondary N) is 1. The standard InChI is InChI=1S/C12H16N4O2S/c1-9-15-16-12(18-9)19-11-4-3-10(8-14-11)7-13-5-6-17-2/h3-4,8,13H,5-7H2,1-2H3. The quantitative estimate of drug-likeness (QED) is 0.773. The number of nitrogens with zero attached hydrogens (tertiary/aromatic N) is 3. The van der Waals surface area contributed by atoms with Crippen molar-refractivity contribution in [3.8, 4) is 0 Å². The maximum atomic E-state index is 5.28. The monoisotopic (exact) mass is 280 g/mol. The number of aryl methyl sites for hydroxylation is 1. The third kappa shape index (κ3) is 4.62. The zero-order valence-corrected chi connectivity index (χ0v) is 11.7. The zero-order chi connectivity index (χ0) is 13.5. The average Bonchev–Trinajstić information content (AvgIpc) is 2.82. The number of rotatable bonds is 7. The largest absolute Gasteiger partial charge is 0.416 e. The van der Waals surface area contributed by atoms with E-state index in [1.54, 1.807) is 14.0 Å². The van der Waals surface area contributed by atoms with E-state index in [-0.39, 0.29) is 0 Å². The van der Waals surface area contributed by atoms with Gasteiger partial charge in [0.2, 0.25) is 5.89 Å². The van der Waals surface area contributed by atoms with Crippen LogP contribution >= 0.6 is 11.8 Å². The Morgan fingerprint density at radius 2 is 2.26 bits per heavy atom. The van der Waals surface area contributed by atoms with Crippen molar-refractivity contribution in [3.63, 3.8) is 0 Å². The highest BCUT2D eigenvalue weighted by Gasteiger charge is 2.05. The van der Waals surface area contributed by atoms with Gasteiger partial charge < -0.3 is 14.5 Å². The van der Waals surface area contributed by atoms with Crippen LogP contribution in [0, 0.1) is 6.92 Å². The van der Waals surface area contributed by atoms with E-state index < -0.39 is 0 Å². The van der Waals surface area contributed by atoms with Gasteiger partial charge in [0, 0.05) is 33.3 Å². The van der Waals surface area contributed by atoms with Crippen LogP contribution in [0.1, 0.15) is 11.5 Å². The molecule has 2 rings (SSSR count). The van der Waals surface area contributed by atoms with Gasteiger partial charge in [-0.25, -0.2) is 4.98 Å². The lowest BCUT2D eigenvalue weighted by molar-refractivity contribution is 0.199. The predicted molar refractivity (Wildman–Crippen MR) is 71.0 cm³/mol. The second kappa shape index (κ2) is 7.22. The van der Waals surface area contributed by atoms with Crippen LogP contribution in [0.5, 0.6) is 0 Å². The first-order valence-corrected chi connectivity index (χ1v) is 6.72. The molecule has 6 nitrogen and oxygen atoms in total. The molecule has 0 amide bonds. The number of pyridine rings is 1. The molecule has 0 bridgehead atoms. The first kappa shape index (κ1) is 14.0. The van der Waals surface area contributed by atoms with Crippen LogP contribution in [-0.4, -0.2) is 35.4 Å². The van der Waals surface area contributed by atoms with Gasteiger partial charge in [0.25, 0.3) is 5.22 Å². The summed E-state index contributed by atoms with van der Waals surface area (Å²) in [5, 5.41) is 12.3. The molecule has 2 aromatic heterocycles. The summed E-state index contributed by atoms with van der Waals surface area (Å²) in [6.07, 6.45) is 1.84. The zero-order valence-electron chi connectivity index (χ0n) is 10.9. The van der Waals surface area contributed by atoms with E-state index in [4.69, 9.17) is 9.15 Å². The van der Waals surface area contributed by atoms with Crippen LogP contribution < -0.4 is 5.32 Å². The summed E-state index contributed by atoms with van der Waals surface area (Å²) in [4.78, 5) is 4.35. The number of methoxy groups -OCH3 is 1. The van der Waals surface area contributed by atoms with Crippen molar-refractivity contribution in [1.29, 1.82) is 0 Å². The van der Waals surface area contributed by atoms with Crippen LogP contribution in [0.25, 0.3) is 0 Å². The predicted octanol–water partition coefficient (Wildman–Crippen LogP) is 1.66. The van der Waals surface area contributed by atoms with E-state index in [2.05, 4.69) is 20.5 Å². The minimum Gasteiger partial charge on any atom is -0.416 e. The molecule has 0 radical (unpaired) electrons. The Labute approximate surface area is 116 Å². The molecule has 7 heteroatoms. The Morgan fingerprint density at radius 1 is 1.37 bits per heavy atom. The summed E-state index contributed by atoms with van der Waals surface area (Å²) in [7, 11) is 1.69. The third-order valence-electron chi connectivity index (χ3n) is 2.31. The van der Waals surface area contributed by atoms with Gasteiger partial charge in [0.1, 0.15) is 5.03 Å². The van der Waals surface area contributed by atoms with Crippen LogP contribution in [0.3, 0.4) is 0 Å². The molecule has 0 saturated heterocycles. The van der Waals surface area contributed by atoms with E-state index in [9.17, 15) is 0 Å². The van der Waals surface area contributed by atoms with Crippen molar-refractivity contribution in [1.82, 2.24) is 20.5 Å². The second-order valence-electron chi connectivity index (χ2n) is 3.86. The van der Waals surface area contributed by atoms with Crippen LogP contribution in [0.15, 0.2) is 33.0 Å². The fourth-order valence-electron chi connectivity index (χ4n) is 1.39. The van der Waals surface area contributed by atoms with E-state index >= 15 is 0 Å². The Balaban J connectivity index is 1.84. The van der Waals surface area contributed by atoms with Gasteiger partial charge >= 0.3 is 0 Å². The van der Waals surface area contributed by atoms with Crippen molar-refractivity contribution in [2.75, 3.05) is 20.3 Å². The lowest BCUT2D eigenvalue weighted by atomic mass is 10.3. The molecule has 0 saturated carbocycles. The molecule has 0 atom stereocenters. The molecule has 0 unspecified atom stereocenters. The topological polar surface area (TPSA) is 73.1 Å². The summed E-state index contributed by atoms with van der Waals surface area (Å²) >= 11 is 1.36. The summed E-state index contributed by atoms with van der Waals surface area (Å²) in [5.74, 6) is 0.557. The van der Waals surface area contributed by atoms with Crippen LogP contribution in [0.4, 0.5) is 0 Å². The number of aromatic nitrogens is 3. The van der Waals surface area contributed by atoms with E-state index in [1.807, 2.05) is 18.3 Å². The van der Waals surface area contributed by atoms with Crippen molar-refractivity contribution < 1.29 is 9.15 Å². The Hall–Kier alpha value is -1.44. The fourth-order valence-corrected chi connectivity index (χ4v) is 2.06. The van der Waals surface area contributed by atoms with Gasteiger partial charge in [0.15, 0.2) is 0 Å². The normalized spacial score (nSPS) is 10.8. The Kier molecular flexibility index (Phi) is 5.31. The van der Waals surface area contributed by atoms with Crippen molar-refractivity contribution in [2.45, 2.75) is 23.7 Å². The van der Waals surface area contributed by atoms with E-state index in [1.165, 1.54) is 11.8 Å². The lowest BCUT2D eigenvalue weighted by Gasteiger charge is -2.04. The second-order valence-corrected chi connectivity index (χ2v) is 4.83. The SMILES string of the molecule is COCCNCc1ccc(Sc2nnc(C)o2)nc1. The van der Waals surface area contributed by atoms with E-state index in [0.717, 1.165) is 23.7 Å². The van der Waals surface area contributed by atoms with Crippen LogP contribution in [-0.2, 0) is 11.3 Å². The number of hydrogen-bond acceptors (Lipinski definition) is 7. The molecule has 0 fully saturated rings. The van der Waals surface area contributed by atoms with Gasteiger partial charge in [-0.1, -0.05) is 6.07 Å². The first-order valence-electron chi connectivity index (χ1n) is 5.90. The molecule has 102 valence electrons. The summed E-state index contributed by atoms with van der Waals surface area (Å²) in [6, 6.07) is 3.97. The molecule has 0 aliphatic carbocycles. The molecule has 2 heterocycles. The molecule has 0 aliphatic heterocycles. The molecular weight excluding hydrogens is 264 g/mol. The van der Waals surface area contributed by atoms with Crippen molar-refractivity contribution in [3.05, 3.63) is 29.8 Å². The first-order chi connectivity index (χ1) is 9.28. The number of hydrogen-bond donors (Lipinski definition) is 1. The van der Waals surface area contributed by atoms with Gasteiger partial charge in [-0.05, 0) is 23.4 Å². The maximum absolute atomic E-state index is 5.28. The molecular formula is C12H16N4O2S. The highest BCUT2D eigenvalue weighted by Crippen LogP contribution is 2.24. The molecule has 0 spiro atoms. The van der Waals surface area contributed by atoms with Crippen molar-refractivity contribution in [2.24, 2.45) is 0 Å². The third-order valence-corrected chi connectivity index (χ3v) is 3.10. The van der Waals surface area contributed by atoms with Gasteiger partial charge in [-0.3, -0.25) is 0 Å². The summed E-state index contributed by atoms with van der Waals surface area (Å²) in [5.41, 5.74) is 1.13. The minimum atomic E-state index is 0.510. The molecule has 0 aliphatic rings. The molecule has 19 heavy (non-hydrogen) atoms. The highest BCUT2D eigenvalue weighted by molar-refractivity contribution is 7.99. The smallest absolute Gasteiger partial charge is 0.282 e. The van der Waals surface area contributed by atoms with Gasteiger partial charge in [-0.15, -0.1) is 10.2 Å². The van der Waals surface area contributed by atoms with Gasteiger partial charge in [0.05, 0.1) is 6.61 Å². The number of ether oxygens (including phenoxy) is 1. The minimum absolute atomic E-state index is 0.510. The van der Waals surface area contributed by atoms with Gasteiger partial charge in [-0.2, -0.15) is 0 Å². The maximum Gasteiger partial charge on any atom is 0.282 e. The summed E-state index contributed by atoms with van der Waals surface area (Å²) in [6.45, 7) is 4.08. The molecule has 0 aromatic carbocycles. The summed E-state index contributed by atoms with van der Waals surface area (Å²) < 4.78 is 10.2. The highest BCUT2D eigenvalue weighted by atomic mass is 32.2.